The van der Waals surface area contributed by atoms with E-state index in [1.807, 2.05) is 0 Å². The van der Waals surface area contributed by atoms with Gasteiger partial charge in [0.05, 0.1) is 19.4 Å². The lowest BCUT2D eigenvalue weighted by Crippen LogP contribution is -2.50. The van der Waals surface area contributed by atoms with Crippen LogP contribution >= 0.6 is 12.6 Å². The zero-order valence-electron chi connectivity index (χ0n) is 23.6. The van der Waals surface area contributed by atoms with Crippen molar-refractivity contribution in [2.75, 3.05) is 38.5 Å². The average Bonchev–Trinajstić information content (AvgIpc) is 2.96. The van der Waals surface area contributed by atoms with Crippen LogP contribution in [0, 0.1) is 0 Å². The summed E-state index contributed by atoms with van der Waals surface area (Å²) in [7, 11) is 0. The van der Waals surface area contributed by atoms with Crippen molar-refractivity contribution in [2.24, 2.45) is 0 Å². The molecule has 0 aliphatic heterocycles. The number of benzene rings is 1. The highest BCUT2D eigenvalue weighted by Gasteiger charge is 2.24. The lowest BCUT2D eigenvalue weighted by molar-refractivity contribution is -0.140. The van der Waals surface area contributed by atoms with Crippen molar-refractivity contribution in [1.29, 1.82) is 0 Å². The van der Waals surface area contributed by atoms with E-state index in [-0.39, 0.29) is 25.5 Å². The molecule has 1 atom stereocenters. The van der Waals surface area contributed by atoms with Crippen LogP contribution in [0.4, 0.5) is 9.59 Å². The van der Waals surface area contributed by atoms with Crippen LogP contribution in [0.1, 0.15) is 36.8 Å². The molecule has 43 heavy (non-hydrogen) atoms. The predicted molar refractivity (Wildman–Crippen MR) is 157 cm³/mol. The van der Waals surface area contributed by atoms with Gasteiger partial charge in [0.1, 0.15) is 12.6 Å². The molecule has 1 aromatic rings. The molecular formula is C26H39N7O9S. The van der Waals surface area contributed by atoms with E-state index in [0.29, 0.717) is 43.8 Å². The lowest BCUT2D eigenvalue weighted by Gasteiger charge is -2.17. The number of carbonyl (C=O) groups excluding carboxylic acids is 5. The largest absolute Gasteiger partial charge is 0.481 e. The van der Waals surface area contributed by atoms with Crippen molar-refractivity contribution in [1.82, 2.24) is 37.2 Å². The Morgan fingerprint density at radius 1 is 0.651 bits per heavy atom. The second-order valence-corrected chi connectivity index (χ2v) is 9.62. The molecule has 0 radical (unpaired) electrons. The summed E-state index contributed by atoms with van der Waals surface area (Å²) >= 11 is 3.96. The molecule has 7 amide bonds. The number of carbonyl (C=O) groups is 7. The first-order chi connectivity index (χ1) is 20.5. The summed E-state index contributed by atoms with van der Waals surface area (Å²) in [5, 5.41) is 34.9. The first kappa shape index (κ1) is 36.5. The van der Waals surface area contributed by atoms with Gasteiger partial charge in [0.25, 0.3) is 0 Å². The number of rotatable bonds is 20. The lowest BCUT2D eigenvalue weighted by atomic mass is 10.1. The fourth-order valence-electron chi connectivity index (χ4n) is 3.43. The highest BCUT2D eigenvalue weighted by atomic mass is 32.1. The van der Waals surface area contributed by atoms with Crippen molar-refractivity contribution in [3.63, 3.8) is 0 Å². The fraction of sp³-hybridized carbons (Fsp3) is 0.500. The second-order valence-electron chi connectivity index (χ2n) is 9.18. The van der Waals surface area contributed by atoms with E-state index in [2.05, 4.69) is 49.8 Å². The number of thiol groups is 1. The van der Waals surface area contributed by atoms with Crippen LogP contribution < -0.4 is 37.2 Å². The van der Waals surface area contributed by atoms with Gasteiger partial charge in [-0.05, 0) is 30.4 Å². The maximum atomic E-state index is 12.5. The zero-order valence-corrected chi connectivity index (χ0v) is 24.5. The van der Waals surface area contributed by atoms with E-state index >= 15 is 0 Å². The average molecular weight is 626 g/mol. The second kappa shape index (κ2) is 21.2. The van der Waals surface area contributed by atoms with Crippen LogP contribution in [-0.4, -0.2) is 96.5 Å². The van der Waals surface area contributed by atoms with E-state index in [1.165, 1.54) is 0 Å². The quantitative estimate of drug-likeness (QED) is 0.0611. The van der Waals surface area contributed by atoms with Gasteiger partial charge in [0.2, 0.25) is 17.7 Å². The van der Waals surface area contributed by atoms with Crippen LogP contribution in [0.5, 0.6) is 0 Å². The molecule has 1 aromatic carbocycles. The Balaban J connectivity index is 2.34. The summed E-state index contributed by atoms with van der Waals surface area (Å²) in [6.45, 7) is 0.519. The molecule has 0 fully saturated rings. The Hall–Kier alpha value is -4.54. The van der Waals surface area contributed by atoms with Gasteiger partial charge in [0, 0.05) is 31.9 Å². The molecular weight excluding hydrogens is 586 g/mol. The Morgan fingerprint density at radius 3 is 1.84 bits per heavy atom. The van der Waals surface area contributed by atoms with Gasteiger partial charge < -0.3 is 47.4 Å². The maximum absolute atomic E-state index is 12.5. The minimum atomic E-state index is -1.36. The third-order valence-electron chi connectivity index (χ3n) is 5.55. The van der Waals surface area contributed by atoms with Crippen molar-refractivity contribution in [3.05, 3.63) is 35.4 Å². The number of carboxylic acids is 2. The molecule has 16 nitrogen and oxygen atoms in total. The van der Waals surface area contributed by atoms with Gasteiger partial charge >= 0.3 is 24.0 Å². The maximum Gasteiger partial charge on any atom is 0.323 e. The number of hydrogen-bond donors (Lipinski definition) is 10. The van der Waals surface area contributed by atoms with Crippen molar-refractivity contribution >= 4 is 54.4 Å². The molecule has 0 bridgehead atoms. The SMILES string of the molecule is O=C(O)CNC(=O)NCCCCCNC(=O)NCc1ccc(CC(=O)NC(CC(=O)O)C(=O)NCC(=O)NCCS)cc1. The van der Waals surface area contributed by atoms with E-state index in [0.717, 1.165) is 12.0 Å². The monoisotopic (exact) mass is 625 g/mol. The van der Waals surface area contributed by atoms with Gasteiger partial charge in [0.15, 0.2) is 0 Å². The van der Waals surface area contributed by atoms with Gasteiger partial charge in [-0.25, -0.2) is 9.59 Å². The third kappa shape index (κ3) is 18.5. The van der Waals surface area contributed by atoms with E-state index in [9.17, 15) is 33.6 Å². The zero-order chi connectivity index (χ0) is 32.0. The molecule has 0 spiro atoms. The molecule has 238 valence electrons. The summed E-state index contributed by atoms with van der Waals surface area (Å²) in [6.07, 6.45) is 1.31. The van der Waals surface area contributed by atoms with Gasteiger partial charge in [-0.15, -0.1) is 0 Å². The number of carboxylic acid groups (broad SMARTS) is 2. The number of unbranched alkanes of at least 4 members (excludes halogenated alkanes) is 2. The summed E-state index contributed by atoms with van der Waals surface area (Å²) in [4.78, 5) is 81.3. The Bertz CT molecular complexity index is 1100. The normalized spacial score (nSPS) is 10.9. The van der Waals surface area contributed by atoms with E-state index in [4.69, 9.17) is 10.2 Å². The van der Waals surface area contributed by atoms with Crippen molar-refractivity contribution < 1.29 is 43.8 Å². The highest BCUT2D eigenvalue weighted by molar-refractivity contribution is 7.80. The van der Waals surface area contributed by atoms with Crippen LogP contribution in [-0.2, 0) is 36.9 Å². The number of aliphatic carboxylic acids is 2. The van der Waals surface area contributed by atoms with Crippen LogP contribution in [0.25, 0.3) is 0 Å². The molecule has 1 rings (SSSR count). The Kier molecular flexibility index (Phi) is 18.0. The first-order valence-electron chi connectivity index (χ1n) is 13.5. The predicted octanol–water partition coefficient (Wildman–Crippen LogP) is -1.30. The molecule has 0 saturated heterocycles. The number of nitrogens with one attached hydrogen (secondary N) is 7. The fourth-order valence-corrected chi connectivity index (χ4v) is 3.54. The van der Waals surface area contributed by atoms with Crippen LogP contribution in [0.15, 0.2) is 24.3 Å². The topological polar surface area (TPSA) is 244 Å². The first-order valence-corrected chi connectivity index (χ1v) is 14.1. The smallest absolute Gasteiger partial charge is 0.323 e. The molecule has 17 heteroatoms. The molecule has 0 heterocycles. The molecule has 1 unspecified atom stereocenters. The molecule has 0 aliphatic carbocycles. The number of amides is 7. The Morgan fingerprint density at radius 2 is 1.26 bits per heavy atom. The van der Waals surface area contributed by atoms with E-state index < -0.39 is 54.7 Å². The molecule has 0 aliphatic rings. The van der Waals surface area contributed by atoms with Gasteiger partial charge in [-0.2, -0.15) is 12.6 Å². The number of hydrogen-bond acceptors (Lipinski definition) is 8. The minimum absolute atomic E-state index is 0.122. The van der Waals surface area contributed by atoms with Gasteiger partial charge in [-0.3, -0.25) is 24.0 Å². The molecule has 0 aromatic heterocycles. The van der Waals surface area contributed by atoms with Crippen molar-refractivity contribution in [2.45, 2.75) is 44.7 Å². The van der Waals surface area contributed by atoms with Crippen LogP contribution in [0.3, 0.4) is 0 Å². The minimum Gasteiger partial charge on any atom is -0.481 e. The highest BCUT2D eigenvalue weighted by Crippen LogP contribution is 2.06. The number of urea groups is 2. The standard InChI is InChI=1S/C26H39N7O9S/c34-20(33-19(13-22(36)37)24(40)30-15-21(35)27-10-11-43)12-17-4-6-18(7-5-17)14-31-25(41)28-8-2-1-3-9-29-26(42)32-16-23(38)39/h4-7,19,43H,1-3,8-16H2,(H,27,35)(H,30,40)(H,33,34)(H,36,37)(H,38,39)(H2,28,31,41)(H2,29,32,42). The molecule has 9 N–H and O–H groups in total. The van der Waals surface area contributed by atoms with Crippen LogP contribution in [0.2, 0.25) is 0 Å². The van der Waals surface area contributed by atoms with Gasteiger partial charge in [-0.1, -0.05) is 24.3 Å². The summed E-state index contributed by atoms with van der Waals surface area (Å²) in [5.41, 5.74) is 1.37. The van der Waals surface area contributed by atoms with Crippen molar-refractivity contribution in [3.8, 4) is 0 Å². The summed E-state index contributed by atoms with van der Waals surface area (Å²) in [5.74, 6) is -3.86. The molecule has 0 saturated carbocycles. The summed E-state index contributed by atoms with van der Waals surface area (Å²) < 4.78 is 0. The Labute approximate surface area is 253 Å². The summed E-state index contributed by atoms with van der Waals surface area (Å²) in [6, 6.07) is 4.49. The third-order valence-corrected chi connectivity index (χ3v) is 5.78. The van der Waals surface area contributed by atoms with E-state index in [1.54, 1.807) is 24.3 Å².